The van der Waals surface area contributed by atoms with Crippen molar-refractivity contribution in [2.24, 2.45) is 0 Å². The van der Waals surface area contributed by atoms with Crippen molar-refractivity contribution >= 4 is 11.8 Å². The van der Waals surface area contributed by atoms with E-state index in [9.17, 15) is 14.4 Å². The van der Waals surface area contributed by atoms with E-state index >= 15 is 0 Å². The van der Waals surface area contributed by atoms with Crippen LogP contribution in [0.15, 0.2) is 21.3 Å². The minimum absolute atomic E-state index is 0.00388. The van der Waals surface area contributed by atoms with E-state index in [4.69, 9.17) is 9.15 Å². The fourth-order valence-corrected chi connectivity index (χ4v) is 1.86. The van der Waals surface area contributed by atoms with Gasteiger partial charge < -0.3 is 19.4 Å². The number of carbonyl (C=O) groups excluding carboxylic acids is 2. The third-order valence-electron chi connectivity index (χ3n) is 2.86. The van der Waals surface area contributed by atoms with E-state index in [0.29, 0.717) is 24.6 Å². The zero-order valence-electron chi connectivity index (χ0n) is 11.3. The van der Waals surface area contributed by atoms with Crippen LogP contribution in [0.4, 0.5) is 0 Å². The van der Waals surface area contributed by atoms with Crippen LogP contribution in [-0.2, 0) is 9.59 Å². The lowest BCUT2D eigenvalue weighted by Gasteiger charge is -2.38. The molecule has 108 valence electrons. The molecule has 0 unspecified atom stereocenters. The average molecular weight is 280 g/mol. The number of rotatable bonds is 4. The van der Waals surface area contributed by atoms with Crippen LogP contribution in [0.1, 0.15) is 12.7 Å². The van der Waals surface area contributed by atoms with Crippen molar-refractivity contribution in [2.45, 2.75) is 20.0 Å². The van der Waals surface area contributed by atoms with Crippen LogP contribution in [0.2, 0.25) is 0 Å². The van der Waals surface area contributed by atoms with Gasteiger partial charge in [0.2, 0.25) is 11.8 Å². The standard InChI is InChI=1S/C13H16N2O5/c1-8-3-10(4-13(18)19-8)20-11-6-15(7-11)12(17)5-14-9(2)16/h3-4,11H,5-7H2,1-2H3,(H,14,16). The first-order valence-corrected chi connectivity index (χ1v) is 6.24. The Hall–Kier alpha value is -2.31. The molecule has 1 aromatic rings. The van der Waals surface area contributed by atoms with E-state index in [1.807, 2.05) is 0 Å². The number of nitrogens with zero attached hydrogens (tertiary/aromatic N) is 1. The molecule has 0 aromatic carbocycles. The molecule has 0 atom stereocenters. The summed E-state index contributed by atoms with van der Waals surface area (Å²) in [5, 5.41) is 2.45. The second-order valence-electron chi connectivity index (χ2n) is 4.67. The van der Waals surface area contributed by atoms with Gasteiger partial charge in [-0.05, 0) is 6.92 Å². The predicted octanol–water partition coefficient (Wildman–Crippen LogP) is -0.326. The molecule has 0 saturated carbocycles. The van der Waals surface area contributed by atoms with E-state index in [1.54, 1.807) is 17.9 Å². The van der Waals surface area contributed by atoms with Crippen LogP contribution in [0, 0.1) is 6.92 Å². The Balaban J connectivity index is 1.80. The number of likely N-dealkylation sites (tertiary alicyclic amines) is 1. The summed E-state index contributed by atoms with van der Waals surface area (Å²) in [6, 6.07) is 2.90. The average Bonchev–Trinajstić information content (AvgIpc) is 2.29. The Morgan fingerprint density at radius 3 is 2.75 bits per heavy atom. The molecule has 1 saturated heterocycles. The summed E-state index contributed by atoms with van der Waals surface area (Å²) in [5.41, 5.74) is -0.460. The van der Waals surface area contributed by atoms with E-state index in [0.717, 1.165) is 0 Å². The summed E-state index contributed by atoms with van der Waals surface area (Å²) >= 11 is 0. The first-order valence-electron chi connectivity index (χ1n) is 6.24. The molecule has 1 fully saturated rings. The first kappa shape index (κ1) is 14.1. The van der Waals surface area contributed by atoms with E-state index in [2.05, 4.69) is 5.32 Å². The highest BCUT2D eigenvalue weighted by molar-refractivity contribution is 5.84. The third kappa shape index (κ3) is 3.59. The van der Waals surface area contributed by atoms with Crippen LogP contribution >= 0.6 is 0 Å². The zero-order valence-corrected chi connectivity index (χ0v) is 11.3. The lowest BCUT2D eigenvalue weighted by molar-refractivity contribution is -0.140. The van der Waals surface area contributed by atoms with E-state index < -0.39 is 5.63 Å². The van der Waals surface area contributed by atoms with Crippen LogP contribution in [0.5, 0.6) is 5.75 Å². The molecule has 1 aromatic heterocycles. The van der Waals surface area contributed by atoms with Crippen molar-refractivity contribution in [1.82, 2.24) is 10.2 Å². The van der Waals surface area contributed by atoms with Gasteiger partial charge in [0.1, 0.15) is 17.6 Å². The van der Waals surface area contributed by atoms with Crippen LogP contribution < -0.4 is 15.7 Å². The second-order valence-corrected chi connectivity index (χ2v) is 4.67. The lowest BCUT2D eigenvalue weighted by Crippen LogP contribution is -2.58. The van der Waals surface area contributed by atoms with E-state index in [1.165, 1.54) is 13.0 Å². The summed E-state index contributed by atoms with van der Waals surface area (Å²) in [4.78, 5) is 35.1. The quantitative estimate of drug-likeness (QED) is 0.816. The molecule has 0 radical (unpaired) electrons. The van der Waals surface area contributed by atoms with Crippen molar-refractivity contribution in [2.75, 3.05) is 19.6 Å². The molecule has 20 heavy (non-hydrogen) atoms. The predicted molar refractivity (Wildman–Crippen MR) is 69.4 cm³/mol. The van der Waals surface area contributed by atoms with Crippen LogP contribution in [-0.4, -0.2) is 42.5 Å². The zero-order chi connectivity index (χ0) is 14.7. The molecule has 0 bridgehead atoms. The summed E-state index contributed by atoms with van der Waals surface area (Å²) in [5.74, 6) is 0.532. The summed E-state index contributed by atoms with van der Waals surface area (Å²) in [6.07, 6.45) is -0.141. The molecule has 7 nitrogen and oxygen atoms in total. The maximum atomic E-state index is 11.6. The minimum atomic E-state index is -0.460. The normalized spacial score (nSPS) is 14.6. The topological polar surface area (TPSA) is 88.8 Å². The van der Waals surface area contributed by atoms with Crippen LogP contribution in [0.3, 0.4) is 0 Å². The number of amides is 2. The Morgan fingerprint density at radius 2 is 2.15 bits per heavy atom. The molecular formula is C13H16N2O5. The molecule has 0 spiro atoms. The van der Waals surface area contributed by atoms with Gasteiger partial charge in [-0.3, -0.25) is 9.59 Å². The Morgan fingerprint density at radius 1 is 1.45 bits per heavy atom. The first-order chi connectivity index (χ1) is 9.44. The number of nitrogens with one attached hydrogen (secondary N) is 1. The van der Waals surface area contributed by atoms with Gasteiger partial charge in [-0.2, -0.15) is 0 Å². The SMILES string of the molecule is CC(=O)NCC(=O)N1CC(Oc2cc(C)oc(=O)c2)C1. The van der Waals surface area contributed by atoms with Gasteiger partial charge in [0, 0.05) is 13.0 Å². The molecule has 7 heteroatoms. The lowest BCUT2D eigenvalue weighted by atomic mass is 10.1. The van der Waals surface area contributed by atoms with Crippen molar-refractivity contribution in [3.8, 4) is 5.75 Å². The molecule has 2 amide bonds. The van der Waals surface area contributed by atoms with Crippen LogP contribution in [0.25, 0.3) is 0 Å². The highest BCUT2D eigenvalue weighted by Crippen LogP contribution is 2.17. The van der Waals surface area contributed by atoms with Crippen molar-refractivity contribution in [1.29, 1.82) is 0 Å². The Bertz CT molecular complexity index is 574. The van der Waals surface area contributed by atoms with Gasteiger partial charge in [0.15, 0.2) is 0 Å². The van der Waals surface area contributed by atoms with Crippen molar-refractivity contribution in [3.05, 3.63) is 28.3 Å². The number of hydrogen-bond donors (Lipinski definition) is 1. The molecule has 2 heterocycles. The highest BCUT2D eigenvalue weighted by atomic mass is 16.5. The number of ether oxygens (including phenoxy) is 1. The van der Waals surface area contributed by atoms with E-state index in [-0.39, 0.29) is 24.5 Å². The Labute approximate surface area is 115 Å². The molecule has 1 aliphatic rings. The van der Waals surface area contributed by atoms with Gasteiger partial charge in [-0.15, -0.1) is 0 Å². The molecule has 2 rings (SSSR count). The number of carbonyl (C=O) groups is 2. The molecule has 0 aliphatic carbocycles. The van der Waals surface area contributed by atoms with Gasteiger partial charge >= 0.3 is 5.63 Å². The van der Waals surface area contributed by atoms with Crippen molar-refractivity contribution < 1.29 is 18.7 Å². The number of hydrogen-bond acceptors (Lipinski definition) is 5. The Kier molecular flexibility index (Phi) is 4.07. The fraction of sp³-hybridized carbons (Fsp3) is 0.462. The molecule has 1 N–H and O–H groups in total. The number of aryl methyl sites for hydroxylation is 1. The third-order valence-corrected chi connectivity index (χ3v) is 2.86. The van der Waals surface area contributed by atoms with Crippen molar-refractivity contribution in [3.63, 3.8) is 0 Å². The molecular weight excluding hydrogens is 264 g/mol. The summed E-state index contributed by atoms with van der Waals surface area (Å²) < 4.78 is 10.4. The van der Waals surface area contributed by atoms with Gasteiger partial charge in [0.25, 0.3) is 0 Å². The minimum Gasteiger partial charge on any atom is -0.486 e. The van der Waals surface area contributed by atoms with Gasteiger partial charge in [0.05, 0.1) is 25.7 Å². The fourth-order valence-electron chi connectivity index (χ4n) is 1.86. The summed E-state index contributed by atoms with van der Waals surface area (Å²) in [6.45, 7) is 3.91. The maximum absolute atomic E-state index is 11.6. The van der Waals surface area contributed by atoms with Gasteiger partial charge in [-0.25, -0.2) is 4.79 Å². The largest absolute Gasteiger partial charge is 0.486 e. The monoisotopic (exact) mass is 280 g/mol. The smallest absolute Gasteiger partial charge is 0.339 e. The molecule has 1 aliphatic heterocycles. The highest BCUT2D eigenvalue weighted by Gasteiger charge is 2.32. The van der Waals surface area contributed by atoms with Gasteiger partial charge in [-0.1, -0.05) is 0 Å². The summed E-state index contributed by atoms with van der Waals surface area (Å²) in [7, 11) is 0. The second kappa shape index (κ2) is 5.77. The maximum Gasteiger partial charge on any atom is 0.339 e.